The third-order valence-electron chi connectivity index (χ3n) is 2.31. The highest BCUT2D eigenvalue weighted by Gasteiger charge is 2.07. The Kier molecular flexibility index (Phi) is 3.34. The van der Waals surface area contributed by atoms with E-state index in [-0.39, 0.29) is 12.4 Å². The van der Waals surface area contributed by atoms with Crippen molar-refractivity contribution in [2.75, 3.05) is 13.7 Å². The number of aliphatic hydroxyl groups excluding tert-OH is 1. The van der Waals surface area contributed by atoms with Crippen LogP contribution in [-0.2, 0) is 6.42 Å². The molecule has 1 aromatic heterocycles. The van der Waals surface area contributed by atoms with Gasteiger partial charge >= 0.3 is 0 Å². The van der Waals surface area contributed by atoms with Crippen molar-refractivity contribution in [2.45, 2.75) is 6.42 Å². The van der Waals surface area contributed by atoms with Gasteiger partial charge in [0.2, 0.25) is 0 Å². The van der Waals surface area contributed by atoms with Gasteiger partial charge in [-0.1, -0.05) is 5.21 Å². The monoisotopic (exact) mass is 237 g/mol. The molecule has 0 aliphatic heterocycles. The molecule has 0 aliphatic rings. The van der Waals surface area contributed by atoms with Crippen LogP contribution in [0.25, 0.3) is 5.69 Å². The summed E-state index contributed by atoms with van der Waals surface area (Å²) in [5.74, 6) is -0.270. The van der Waals surface area contributed by atoms with E-state index in [1.54, 1.807) is 12.3 Å². The smallest absolute Gasteiger partial charge is 0.167 e. The van der Waals surface area contributed by atoms with E-state index in [0.717, 1.165) is 0 Å². The van der Waals surface area contributed by atoms with E-state index in [1.807, 2.05) is 0 Å². The molecule has 1 aromatic carbocycles. The average Bonchev–Trinajstić information content (AvgIpc) is 2.78. The molecule has 2 aromatic rings. The first-order chi connectivity index (χ1) is 8.24. The number of rotatable bonds is 4. The number of aliphatic hydroxyl groups is 1. The van der Waals surface area contributed by atoms with Crippen LogP contribution < -0.4 is 4.74 Å². The van der Waals surface area contributed by atoms with Gasteiger partial charge in [-0.25, -0.2) is 9.07 Å². The van der Waals surface area contributed by atoms with Gasteiger partial charge in [-0.15, -0.1) is 5.10 Å². The Bertz CT molecular complexity index is 513. The minimum absolute atomic E-state index is 0.00959. The van der Waals surface area contributed by atoms with Gasteiger partial charge in [-0.05, 0) is 12.1 Å². The summed E-state index contributed by atoms with van der Waals surface area (Å²) in [6.45, 7) is 0.00959. The molecule has 90 valence electrons. The maximum absolute atomic E-state index is 13.5. The molecule has 0 radical (unpaired) electrons. The Balaban J connectivity index is 2.29. The molecule has 2 rings (SSSR count). The van der Waals surface area contributed by atoms with Crippen molar-refractivity contribution >= 4 is 0 Å². The molecule has 0 amide bonds. The first kappa shape index (κ1) is 11.5. The molecular weight excluding hydrogens is 225 g/mol. The minimum atomic E-state index is -0.454. The predicted molar refractivity (Wildman–Crippen MR) is 58.7 cm³/mol. The van der Waals surface area contributed by atoms with Crippen LogP contribution in [0.1, 0.15) is 5.69 Å². The summed E-state index contributed by atoms with van der Waals surface area (Å²) in [5.41, 5.74) is 1.21. The van der Waals surface area contributed by atoms with Crippen LogP contribution in [0.4, 0.5) is 4.39 Å². The lowest BCUT2D eigenvalue weighted by Crippen LogP contribution is -1.97. The molecule has 0 fully saturated rings. The molecule has 1 heterocycles. The first-order valence-electron chi connectivity index (χ1n) is 5.10. The van der Waals surface area contributed by atoms with Crippen LogP contribution in [0, 0.1) is 5.82 Å². The predicted octanol–water partition coefficient (Wildman–Crippen LogP) is 0.950. The fourth-order valence-electron chi connectivity index (χ4n) is 1.45. The molecule has 0 bridgehead atoms. The van der Waals surface area contributed by atoms with E-state index in [0.29, 0.717) is 17.8 Å². The zero-order valence-electron chi connectivity index (χ0n) is 9.30. The van der Waals surface area contributed by atoms with Gasteiger partial charge in [0.15, 0.2) is 11.6 Å². The summed E-state index contributed by atoms with van der Waals surface area (Å²) in [7, 11) is 1.41. The molecule has 0 aliphatic carbocycles. The van der Waals surface area contributed by atoms with Crippen molar-refractivity contribution in [3.63, 3.8) is 0 Å². The highest BCUT2D eigenvalue weighted by molar-refractivity contribution is 5.38. The Morgan fingerprint density at radius 3 is 2.94 bits per heavy atom. The van der Waals surface area contributed by atoms with Gasteiger partial charge < -0.3 is 9.84 Å². The van der Waals surface area contributed by atoms with Crippen molar-refractivity contribution in [1.82, 2.24) is 15.0 Å². The Morgan fingerprint density at radius 2 is 2.29 bits per heavy atom. The highest BCUT2D eigenvalue weighted by Crippen LogP contribution is 2.19. The van der Waals surface area contributed by atoms with Crippen molar-refractivity contribution in [3.05, 3.63) is 35.9 Å². The summed E-state index contributed by atoms with van der Waals surface area (Å²) < 4.78 is 19.7. The number of aromatic nitrogens is 3. The molecule has 0 unspecified atom stereocenters. The number of halogens is 1. The van der Waals surface area contributed by atoms with Crippen LogP contribution in [0.2, 0.25) is 0 Å². The number of ether oxygens (including phenoxy) is 1. The third-order valence-corrected chi connectivity index (χ3v) is 2.31. The maximum Gasteiger partial charge on any atom is 0.167 e. The van der Waals surface area contributed by atoms with E-state index in [9.17, 15) is 4.39 Å². The fourth-order valence-corrected chi connectivity index (χ4v) is 1.45. The molecule has 0 spiro atoms. The largest absolute Gasteiger partial charge is 0.494 e. The fraction of sp³-hybridized carbons (Fsp3) is 0.273. The van der Waals surface area contributed by atoms with Crippen molar-refractivity contribution in [3.8, 4) is 11.4 Å². The quantitative estimate of drug-likeness (QED) is 0.860. The van der Waals surface area contributed by atoms with E-state index in [4.69, 9.17) is 9.84 Å². The van der Waals surface area contributed by atoms with Gasteiger partial charge in [0.05, 0.1) is 24.7 Å². The van der Waals surface area contributed by atoms with E-state index >= 15 is 0 Å². The normalized spacial score (nSPS) is 10.5. The highest BCUT2D eigenvalue weighted by atomic mass is 19.1. The molecule has 1 N–H and O–H groups in total. The number of nitrogens with zero attached hydrogens (tertiary/aromatic N) is 3. The van der Waals surface area contributed by atoms with Gasteiger partial charge in [-0.3, -0.25) is 0 Å². The zero-order valence-corrected chi connectivity index (χ0v) is 9.30. The lowest BCUT2D eigenvalue weighted by molar-refractivity contribution is 0.298. The molecule has 5 nitrogen and oxygen atoms in total. The zero-order chi connectivity index (χ0) is 12.3. The molecular formula is C11H12FN3O2. The van der Waals surface area contributed by atoms with E-state index in [2.05, 4.69) is 10.3 Å². The van der Waals surface area contributed by atoms with Gasteiger partial charge in [0.25, 0.3) is 0 Å². The Morgan fingerprint density at radius 1 is 1.47 bits per heavy atom. The number of benzene rings is 1. The lowest BCUT2D eigenvalue weighted by atomic mass is 10.3. The molecule has 0 saturated carbocycles. The third kappa shape index (κ3) is 2.42. The van der Waals surface area contributed by atoms with Crippen LogP contribution in [0.5, 0.6) is 5.75 Å². The number of hydrogen-bond acceptors (Lipinski definition) is 4. The van der Waals surface area contributed by atoms with Crippen LogP contribution in [0.15, 0.2) is 24.4 Å². The topological polar surface area (TPSA) is 60.2 Å². The summed E-state index contributed by atoms with van der Waals surface area (Å²) in [5, 5.41) is 16.5. The average molecular weight is 237 g/mol. The Labute approximate surface area is 97.5 Å². The summed E-state index contributed by atoms with van der Waals surface area (Å²) in [6, 6.07) is 4.52. The van der Waals surface area contributed by atoms with Gasteiger partial charge in [0, 0.05) is 19.1 Å². The van der Waals surface area contributed by atoms with Crippen molar-refractivity contribution in [2.24, 2.45) is 0 Å². The molecule has 0 atom stereocenters. The first-order valence-corrected chi connectivity index (χ1v) is 5.10. The van der Waals surface area contributed by atoms with Crippen LogP contribution in [0.3, 0.4) is 0 Å². The van der Waals surface area contributed by atoms with Crippen molar-refractivity contribution in [1.29, 1.82) is 0 Å². The summed E-state index contributed by atoms with van der Waals surface area (Å²) in [4.78, 5) is 0. The Hall–Kier alpha value is -1.95. The SMILES string of the molecule is COc1ccc(-n2cc(CCO)nn2)cc1F. The summed E-state index contributed by atoms with van der Waals surface area (Å²) >= 11 is 0. The van der Waals surface area contributed by atoms with Crippen LogP contribution in [-0.4, -0.2) is 33.8 Å². The molecule has 17 heavy (non-hydrogen) atoms. The lowest BCUT2D eigenvalue weighted by Gasteiger charge is -2.04. The molecule has 0 saturated heterocycles. The molecule has 6 heteroatoms. The second kappa shape index (κ2) is 4.92. The minimum Gasteiger partial charge on any atom is -0.494 e. The van der Waals surface area contributed by atoms with Gasteiger partial charge in [0.1, 0.15) is 0 Å². The summed E-state index contributed by atoms with van der Waals surface area (Å²) in [6.07, 6.45) is 2.08. The van der Waals surface area contributed by atoms with Crippen molar-refractivity contribution < 1.29 is 14.2 Å². The maximum atomic E-state index is 13.5. The number of hydrogen-bond donors (Lipinski definition) is 1. The van der Waals surface area contributed by atoms with E-state index < -0.39 is 5.82 Å². The van der Waals surface area contributed by atoms with Gasteiger partial charge in [-0.2, -0.15) is 0 Å². The second-order valence-corrected chi connectivity index (χ2v) is 3.45. The number of methoxy groups -OCH3 is 1. The second-order valence-electron chi connectivity index (χ2n) is 3.45. The standard InChI is InChI=1S/C11H12FN3O2/c1-17-11-3-2-9(6-10(11)12)15-7-8(4-5-16)13-14-15/h2-3,6-7,16H,4-5H2,1H3. The van der Waals surface area contributed by atoms with Crippen LogP contribution >= 0.6 is 0 Å². The van der Waals surface area contributed by atoms with E-state index in [1.165, 1.54) is 23.9 Å².